The Hall–Kier alpha value is -2.95. The number of methoxy groups -OCH3 is 1. The maximum atomic E-state index is 13.2. The van der Waals surface area contributed by atoms with Gasteiger partial charge in [-0.2, -0.15) is 26.3 Å². The summed E-state index contributed by atoms with van der Waals surface area (Å²) < 4.78 is 94.3. The summed E-state index contributed by atoms with van der Waals surface area (Å²) in [6.45, 7) is 0.617. The van der Waals surface area contributed by atoms with Crippen LogP contribution in [0.1, 0.15) is 24.0 Å². The third-order valence-corrected chi connectivity index (χ3v) is 5.82. The van der Waals surface area contributed by atoms with Crippen LogP contribution in [0.25, 0.3) is 0 Å². The van der Waals surface area contributed by atoms with Gasteiger partial charge in [-0.3, -0.25) is 0 Å². The third-order valence-electron chi connectivity index (χ3n) is 5.82. The molecule has 1 saturated heterocycles. The zero-order valence-corrected chi connectivity index (χ0v) is 18.1. The van der Waals surface area contributed by atoms with Gasteiger partial charge in [0.2, 0.25) is 0 Å². The zero-order valence-electron chi connectivity index (χ0n) is 18.1. The predicted molar refractivity (Wildman–Crippen MR) is 111 cm³/mol. The maximum absolute atomic E-state index is 13.2. The summed E-state index contributed by atoms with van der Waals surface area (Å²) in [7, 11) is 1.36. The van der Waals surface area contributed by atoms with Crippen LogP contribution in [0, 0.1) is 5.92 Å². The number of aromatic nitrogens is 1. The summed E-state index contributed by atoms with van der Waals surface area (Å²) in [5.41, 5.74) is -0.796. The van der Waals surface area contributed by atoms with Crippen molar-refractivity contribution in [3.8, 4) is 11.5 Å². The van der Waals surface area contributed by atoms with Gasteiger partial charge >= 0.3 is 12.4 Å². The summed E-state index contributed by atoms with van der Waals surface area (Å²) in [6, 6.07) is 5.37. The summed E-state index contributed by atoms with van der Waals surface area (Å²) in [4.78, 5) is 5.86. The number of piperidine rings is 1. The van der Waals surface area contributed by atoms with E-state index in [1.54, 1.807) is 0 Å². The average Bonchev–Trinajstić information content (AvgIpc) is 2.77. The van der Waals surface area contributed by atoms with Gasteiger partial charge < -0.3 is 19.1 Å². The Morgan fingerprint density at radius 2 is 1.74 bits per heavy atom. The summed E-state index contributed by atoms with van der Waals surface area (Å²) in [5, 5.41) is 0. The van der Waals surface area contributed by atoms with Crippen LogP contribution in [-0.2, 0) is 17.1 Å². The van der Waals surface area contributed by atoms with Gasteiger partial charge in [0.1, 0.15) is 11.9 Å². The van der Waals surface area contributed by atoms with E-state index >= 15 is 0 Å². The molecule has 2 atom stereocenters. The fourth-order valence-corrected chi connectivity index (χ4v) is 4.20. The quantitative estimate of drug-likeness (QED) is 0.296. The molecule has 34 heavy (non-hydrogen) atoms. The molecule has 0 saturated carbocycles. The van der Waals surface area contributed by atoms with Gasteiger partial charge in [-0.1, -0.05) is 6.08 Å². The fourth-order valence-electron chi connectivity index (χ4n) is 4.20. The van der Waals surface area contributed by atoms with Crippen molar-refractivity contribution < 1.29 is 40.6 Å². The van der Waals surface area contributed by atoms with Crippen LogP contribution in [0.4, 0.5) is 32.2 Å². The van der Waals surface area contributed by atoms with Crippen LogP contribution in [-0.4, -0.2) is 38.1 Å². The van der Waals surface area contributed by atoms with Crippen LogP contribution in [0.15, 0.2) is 48.2 Å². The van der Waals surface area contributed by atoms with Gasteiger partial charge in [-0.15, -0.1) is 0 Å². The molecule has 0 unspecified atom stereocenters. The van der Waals surface area contributed by atoms with E-state index in [9.17, 15) is 26.3 Å². The largest absolute Gasteiger partial charge is 0.482 e. The van der Waals surface area contributed by atoms with Gasteiger partial charge in [0.25, 0.3) is 0 Å². The van der Waals surface area contributed by atoms with Crippen molar-refractivity contribution in [2.24, 2.45) is 5.92 Å². The lowest BCUT2D eigenvalue weighted by atomic mass is 9.82. The summed E-state index contributed by atoms with van der Waals surface area (Å²) >= 11 is 0. The number of allylic oxidation sites excluding steroid dienone is 1. The van der Waals surface area contributed by atoms with Crippen LogP contribution in [0.5, 0.6) is 11.5 Å². The Kier molecular flexibility index (Phi) is 6.66. The van der Waals surface area contributed by atoms with E-state index in [0.717, 1.165) is 42.8 Å². The number of nitrogens with zero attached hydrogens (tertiary/aromatic N) is 2. The van der Waals surface area contributed by atoms with E-state index in [-0.39, 0.29) is 24.2 Å². The molecule has 1 aliphatic carbocycles. The molecule has 2 heterocycles. The van der Waals surface area contributed by atoms with Crippen molar-refractivity contribution in [3.63, 3.8) is 0 Å². The number of anilines is 1. The zero-order chi connectivity index (χ0) is 24.5. The highest BCUT2D eigenvalue weighted by atomic mass is 19.4. The summed E-state index contributed by atoms with van der Waals surface area (Å²) in [5.74, 6) is 0.467. The van der Waals surface area contributed by atoms with Gasteiger partial charge in [0.15, 0.2) is 18.3 Å². The minimum Gasteiger partial charge on any atom is -0.482 e. The molecule has 184 valence electrons. The second-order valence-corrected chi connectivity index (χ2v) is 8.15. The Morgan fingerprint density at radius 3 is 2.35 bits per heavy atom. The molecule has 2 aliphatic rings. The molecule has 1 fully saturated rings. The molecule has 1 aromatic heterocycles. The first kappa shape index (κ1) is 24.2. The van der Waals surface area contributed by atoms with E-state index in [0.29, 0.717) is 18.9 Å². The molecule has 2 bridgehead atoms. The molecule has 4 rings (SSSR count). The van der Waals surface area contributed by atoms with E-state index in [1.807, 2.05) is 11.0 Å². The Bertz CT molecular complexity index is 1040. The van der Waals surface area contributed by atoms with Gasteiger partial charge in [0, 0.05) is 32.3 Å². The van der Waals surface area contributed by atoms with Crippen molar-refractivity contribution >= 4 is 5.82 Å². The normalized spacial score (nSPS) is 20.7. The van der Waals surface area contributed by atoms with Crippen molar-refractivity contribution in [1.82, 2.24) is 4.98 Å². The second-order valence-electron chi connectivity index (χ2n) is 8.15. The molecule has 5 nitrogen and oxygen atoms in total. The molecule has 2 aromatic rings. The first-order valence-electron chi connectivity index (χ1n) is 10.5. The molecule has 0 radical (unpaired) electrons. The first-order chi connectivity index (χ1) is 16.1. The molecule has 1 aromatic carbocycles. The predicted octanol–water partition coefficient (Wildman–Crippen LogP) is 5.71. The lowest BCUT2D eigenvalue weighted by Gasteiger charge is -2.43. The SMILES string of the molecule is COCOc1cc(C(F)(F)F)ccc1O[C@@H]1C2=CCC[C@H]1CN(c1ccc(C(F)(F)F)cn1)C2. The minimum atomic E-state index is -4.54. The Morgan fingerprint density at radius 1 is 1.00 bits per heavy atom. The van der Waals surface area contributed by atoms with Gasteiger partial charge in [0.05, 0.1) is 11.1 Å². The maximum Gasteiger partial charge on any atom is 0.417 e. The van der Waals surface area contributed by atoms with E-state index in [4.69, 9.17) is 14.2 Å². The highest BCUT2D eigenvalue weighted by Gasteiger charge is 2.38. The van der Waals surface area contributed by atoms with E-state index in [2.05, 4.69) is 4.98 Å². The minimum absolute atomic E-state index is 0.0320. The van der Waals surface area contributed by atoms with Crippen LogP contribution in [0.3, 0.4) is 0 Å². The highest BCUT2D eigenvalue weighted by molar-refractivity contribution is 5.47. The van der Waals surface area contributed by atoms with Crippen LogP contribution >= 0.6 is 0 Å². The van der Waals surface area contributed by atoms with Crippen molar-refractivity contribution in [2.45, 2.75) is 31.3 Å². The van der Waals surface area contributed by atoms with E-state index < -0.39 is 29.6 Å². The molecule has 0 amide bonds. The number of ether oxygens (including phenoxy) is 3. The standard InChI is InChI=1S/C23H22F6N2O3/c1-32-13-33-19-9-16(22(24,25)26)5-7-18(19)34-21-14-3-2-4-15(21)12-31(11-14)20-8-6-17(10-30-20)23(27,28)29/h3,5-10,15,21H,2,4,11-13H2,1H3/t15-,21+/m0/s1. The number of hydrogen-bond donors (Lipinski definition) is 0. The Balaban J connectivity index is 1.54. The second kappa shape index (κ2) is 9.36. The monoisotopic (exact) mass is 488 g/mol. The van der Waals surface area contributed by atoms with Crippen molar-refractivity contribution in [2.75, 3.05) is 31.9 Å². The van der Waals surface area contributed by atoms with Crippen molar-refractivity contribution in [1.29, 1.82) is 0 Å². The Labute approximate surface area is 191 Å². The third kappa shape index (κ3) is 5.24. The number of halogens is 6. The fraction of sp³-hybridized carbons (Fsp3) is 0.435. The van der Waals surface area contributed by atoms with Crippen molar-refractivity contribution in [3.05, 3.63) is 59.3 Å². The highest BCUT2D eigenvalue weighted by Crippen LogP contribution is 2.41. The number of alkyl halides is 6. The van der Waals surface area contributed by atoms with Gasteiger partial charge in [-0.05, 0) is 48.7 Å². The summed E-state index contributed by atoms with van der Waals surface area (Å²) in [6.07, 6.45) is -5.03. The number of hydrogen-bond acceptors (Lipinski definition) is 5. The topological polar surface area (TPSA) is 43.8 Å². The van der Waals surface area contributed by atoms with Crippen LogP contribution in [0.2, 0.25) is 0 Å². The van der Waals surface area contributed by atoms with Gasteiger partial charge in [-0.25, -0.2) is 4.98 Å². The molecule has 11 heteroatoms. The molecular formula is C23H22F6N2O3. The van der Waals surface area contributed by atoms with Crippen LogP contribution < -0.4 is 14.4 Å². The number of benzene rings is 1. The number of rotatable bonds is 6. The number of fused-ring (bicyclic) bond motifs is 2. The lowest BCUT2D eigenvalue weighted by molar-refractivity contribution is -0.138. The van der Waals surface area contributed by atoms with E-state index in [1.165, 1.54) is 19.2 Å². The molecular weight excluding hydrogens is 466 g/mol. The average molecular weight is 488 g/mol. The molecule has 1 aliphatic heterocycles. The first-order valence-corrected chi connectivity index (χ1v) is 10.5. The number of pyridine rings is 1. The smallest absolute Gasteiger partial charge is 0.417 e. The molecule has 0 N–H and O–H groups in total. The molecule has 0 spiro atoms. The lowest BCUT2D eigenvalue weighted by Crippen LogP contribution is -2.49.